The predicted molar refractivity (Wildman–Crippen MR) is 160 cm³/mol. The normalized spacial score (nSPS) is 49.9. The summed E-state index contributed by atoms with van der Waals surface area (Å²) in [6, 6.07) is 8.18. The number of carbonyl (C=O) groups is 2. The summed E-state index contributed by atoms with van der Waals surface area (Å²) in [5, 5.41) is 37.3. The van der Waals surface area contributed by atoms with E-state index in [9.17, 15) is 24.9 Å². The van der Waals surface area contributed by atoms with E-state index >= 15 is 0 Å². The standard InChI is InChI=1S/C34H47NO11/c1-7-35-15-31(16-41-3)20(37)13-21(42-4)33-19-14-32(40)28(45-30(39)18-11-9-8-10-12-18)22(19)34(46-17(2)36,27(38)29(32)44-6)23(26(33)35)24(43-5)25(31)33/h8-12,19-29,37-38,40H,7,13-16H2,1-6H3/t19-,20-,21-,22-,23+,24+,25-,26-,27+,28-,29+,31+,32-,33+,34-/m1/s1. The van der Waals surface area contributed by atoms with Gasteiger partial charge in [0.2, 0.25) is 0 Å². The molecule has 1 spiro atoms. The summed E-state index contributed by atoms with van der Waals surface area (Å²) in [5.41, 5.74) is -4.79. The van der Waals surface area contributed by atoms with Crippen molar-refractivity contribution in [2.24, 2.45) is 34.5 Å². The van der Waals surface area contributed by atoms with Gasteiger partial charge in [-0.05, 0) is 31.0 Å². The quantitative estimate of drug-likeness (QED) is 0.323. The number of rotatable bonds is 9. The lowest BCUT2D eigenvalue weighted by atomic mass is 9.42. The van der Waals surface area contributed by atoms with Crippen LogP contribution in [-0.4, -0.2) is 134 Å². The molecule has 6 fully saturated rings. The van der Waals surface area contributed by atoms with Crippen molar-refractivity contribution in [3.05, 3.63) is 35.9 Å². The van der Waals surface area contributed by atoms with E-state index in [1.54, 1.807) is 51.7 Å². The zero-order chi connectivity index (χ0) is 33.0. The molecule has 1 saturated heterocycles. The van der Waals surface area contributed by atoms with E-state index in [1.807, 2.05) is 6.92 Å². The van der Waals surface area contributed by atoms with Crippen molar-refractivity contribution in [3.8, 4) is 0 Å². The number of ether oxygens (including phenoxy) is 6. The Bertz CT molecular complexity index is 1360. The van der Waals surface area contributed by atoms with E-state index in [-0.39, 0.29) is 25.0 Å². The first kappa shape index (κ1) is 32.4. The highest BCUT2D eigenvalue weighted by Crippen LogP contribution is 2.80. The topological polar surface area (TPSA) is 153 Å². The molecule has 12 nitrogen and oxygen atoms in total. The summed E-state index contributed by atoms with van der Waals surface area (Å²) >= 11 is 0. The van der Waals surface area contributed by atoms with Gasteiger partial charge in [-0.1, -0.05) is 25.1 Å². The highest BCUT2D eigenvalue weighted by molar-refractivity contribution is 5.89. The average molecular weight is 646 g/mol. The fraction of sp³-hybridized carbons (Fsp3) is 0.765. The second-order valence-corrected chi connectivity index (χ2v) is 14.4. The van der Waals surface area contributed by atoms with Gasteiger partial charge in [0, 0.05) is 83.0 Å². The summed E-state index contributed by atoms with van der Waals surface area (Å²) in [6.45, 7) is 4.68. The largest absolute Gasteiger partial charge is 0.455 e. The molecule has 15 atom stereocenters. The van der Waals surface area contributed by atoms with Crippen LogP contribution in [0.1, 0.15) is 37.0 Å². The zero-order valence-electron chi connectivity index (χ0n) is 27.3. The van der Waals surface area contributed by atoms with Gasteiger partial charge in [-0.3, -0.25) is 9.69 Å². The van der Waals surface area contributed by atoms with Crippen molar-refractivity contribution in [1.29, 1.82) is 0 Å². The molecule has 1 heterocycles. The van der Waals surface area contributed by atoms with Crippen molar-refractivity contribution >= 4 is 11.9 Å². The third-order valence-electron chi connectivity index (χ3n) is 13.2. The molecule has 1 aromatic carbocycles. The van der Waals surface area contributed by atoms with Gasteiger partial charge in [0.05, 0.1) is 30.5 Å². The van der Waals surface area contributed by atoms with E-state index in [0.717, 1.165) is 0 Å². The summed E-state index contributed by atoms with van der Waals surface area (Å²) in [6.07, 6.45) is -5.49. The van der Waals surface area contributed by atoms with Gasteiger partial charge in [0.1, 0.15) is 23.9 Å². The van der Waals surface area contributed by atoms with Crippen LogP contribution in [0, 0.1) is 34.5 Å². The van der Waals surface area contributed by atoms with E-state index in [1.165, 1.54) is 14.0 Å². The molecule has 1 aromatic rings. The fourth-order valence-corrected chi connectivity index (χ4v) is 12.3. The number of aliphatic hydroxyl groups is 3. The number of benzene rings is 1. The van der Waals surface area contributed by atoms with Crippen LogP contribution < -0.4 is 0 Å². The minimum atomic E-state index is -1.83. The first-order valence-electron chi connectivity index (χ1n) is 16.3. The van der Waals surface area contributed by atoms with Gasteiger partial charge in [0.15, 0.2) is 5.60 Å². The first-order chi connectivity index (χ1) is 22.0. The Morgan fingerprint density at radius 2 is 1.72 bits per heavy atom. The maximum atomic E-state index is 13.8. The maximum Gasteiger partial charge on any atom is 0.338 e. The molecular weight excluding hydrogens is 598 g/mol. The van der Waals surface area contributed by atoms with Gasteiger partial charge in [-0.25, -0.2) is 4.79 Å². The van der Waals surface area contributed by atoms with Crippen LogP contribution in [0.15, 0.2) is 30.3 Å². The van der Waals surface area contributed by atoms with E-state index in [4.69, 9.17) is 28.4 Å². The summed E-state index contributed by atoms with van der Waals surface area (Å²) < 4.78 is 37.4. The van der Waals surface area contributed by atoms with Crippen LogP contribution >= 0.6 is 0 Å². The number of aliphatic hydroxyl groups excluding tert-OH is 2. The highest BCUT2D eigenvalue weighted by Gasteiger charge is 2.92. The Hall–Kier alpha value is -2.16. The van der Waals surface area contributed by atoms with Gasteiger partial charge >= 0.3 is 11.9 Å². The monoisotopic (exact) mass is 645 g/mol. The molecule has 7 rings (SSSR count). The Balaban J connectivity index is 1.53. The summed E-state index contributed by atoms with van der Waals surface area (Å²) in [5.74, 6) is -3.65. The maximum absolute atomic E-state index is 13.8. The second-order valence-electron chi connectivity index (χ2n) is 14.4. The third kappa shape index (κ3) is 3.62. The summed E-state index contributed by atoms with van der Waals surface area (Å²) in [7, 11) is 6.27. The highest BCUT2D eigenvalue weighted by atomic mass is 16.6. The van der Waals surface area contributed by atoms with Gasteiger partial charge in [-0.15, -0.1) is 0 Å². The van der Waals surface area contributed by atoms with Gasteiger partial charge in [0.25, 0.3) is 0 Å². The lowest BCUT2D eigenvalue weighted by Crippen LogP contribution is -2.81. The zero-order valence-corrected chi connectivity index (χ0v) is 27.3. The SMILES string of the molecule is CCN1C[C@]2(COC)[C@H](O)C[C@@H](OC)[C@@]34[C@@H]5C[C@@]6(O)[C@H](OC(=O)c7ccccc7)[C@@H]5[C@@](OC(C)=O)([C@@H]([C@H](OC)[C@H]23)[C@@H]14)[C@@H](O)[C@@H]6OC. The molecule has 0 radical (unpaired) electrons. The smallest absolute Gasteiger partial charge is 0.338 e. The molecule has 6 aliphatic rings. The van der Waals surface area contributed by atoms with Crippen LogP contribution in [0.2, 0.25) is 0 Å². The molecule has 3 N–H and O–H groups in total. The average Bonchev–Trinajstić information content (AvgIpc) is 3.41. The minimum Gasteiger partial charge on any atom is -0.455 e. The van der Waals surface area contributed by atoms with E-state index in [0.29, 0.717) is 25.1 Å². The number of piperidine rings is 1. The third-order valence-corrected chi connectivity index (χ3v) is 13.2. The van der Waals surface area contributed by atoms with E-state index in [2.05, 4.69) is 4.90 Å². The van der Waals surface area contributed by atoms with Crippen LogP contribution in [0.5, 0.6) is 0 Å². The number of carbonyl (C=O) groups excluding carboxylic acids is 2. The Morgan fingerprint density at radius 3 is 2.30 bits per heavy atom. The number of esters is 2. The molecule has 0 aromatic heterocycles. The molecule has 1 aliphatic heterocycles. The van der Waals surface area contributed by atoms with Crippen molar-refractivity contribution in [2.45, 2.75) is 80.6 Å². The molecule has 7 bridgehead atoms. The number of nitrogens with zero attached hydrogens (tertiary/aromatic N) is 1. The molecular formula is C34H47NO11. The molecule has 5 saturated carbocycles. The molecule has 5 aliphatic carbocycles. The number of hydrogen-bond acceptors (Lipinski definition) is 12. The number of fused-ring (bicyclic) bond motifs is 2. The van der Waals surface area contributed by atoms with Gasteiger partial charge < -0.3 is 43.7 Å². The van der Waals surface area contributed by atoms with Crippen molar-refractivity contribution in [3.63, 3.8) is 0 Å². The Labute approximate surface area is 269 Å². The number of hydrogen-bond donors (Lipinski definition) is 3. The fourth-order valence-electron chi connectivity index (χ4n) is 12.3. The predicted octanol–water partition coefficient (Wildman–Crippen LogP) is 0.648. The minimum absolute atomic E-state index is 0.0791. The molecule has 0 unspecified atom stereocenters. The van der Waals surface area contributed by atoms with Crippen molar-refractivity contribution in [1.82, 2.24) is 4.90 Å². The lowest BCUT2D eigenvalue weighted by molar-refractivity contribution is -0.322. The van der Waals surface area contributed by atoms with Crippen LogP contribution in [0.3, 0.4) is 0 Å². The Morgan fingerprint density at radius 1 is 1.00 bits per heavy atom. The van der Waals surface area contributed by atoms with Crippen LogP contribution in [0.25, 0.3) is 0 Å². The molecule has 46 heavy (non-hydrogen) atoms. The molecule has 254 valence electrons. The number of methoxy groups -OCH3 is 4. The van der Waals surface area contributed by atoms with Crippen LogP contribution in [-0.2, 0) is 33.2 Å². The summed E-state index contributed by atoms with van der Waals surface area (Å²) in [4.78, 5) is 29.3. The second kappa shape index (κ2) is 10.9. The van der Waals surface area contributed by atoms with E-state index < -0.39 is 88.3 Å². The molecule has 0 amide bonds. The molecule has 12 heteroatoms. The van der Waals surface area contributed by atoms with Gasteiger partial charge in [-0.2, -0.15) is 0 Å². The van der Waals surface area contributed by atoms with Crippen molar-refractivity contribution < 1.29 is 53.3 Å². The lowest BCUT2D eigenvalue weighted by Gasteiger charge is -2.70. The van der Waals surface area contributed by atoms with Crippen LogP contribution in [0.4, 0.5) is 0 Å². The first-order valence-corrected chi connectivity index (χ1v) is 16.3. The number of likely N-dealkylation sites (tertiary alicyclic amines) is 1. The Kier molecular flexibility index (Phi) is 7.69. The van der Waals surface area contributed by atoms with Crippen molar-refractivity contribution in [2.75, 3.05) is 48.1 Å².